The third-order valence-corrected chi connectivity index (χ3v) is 5.04. The van der Waals surface area contributed by atoms with Crippen LogP contribution in [0.1, 0.15) is 16.8 Å². The summed E-state index contributed by atoms with van der Waals surface area (Å²) in [7, 11) is -2.12. The van der Waals surface area contributed by atoms with Gasteiger partial charge in [0.15, 0.2) is 0 Å². The first-order valence-electron chi connectivity index (χ1n) is 7.58. The van der Waals surface area contributed by atoms with Crippen LogP contribution in [0.15, 0.2) is 53.4 Å². The quantitative estimate of drug-likeness (QED) is 0.687. The number of methoxy groups -OCH3 is 1. The van der Waals surface area contributed by atoms with Crippen LogP contribution >= 0.6 is 11.6 Å². The lowest BCUT2D eigenvalue weighted by Crippen LogP contribution is -2.25. The van der Waals surface area contributed by atoms with Gasteiger partial charge in [-0.25, -0.2) is 8.42 Å². The molecule has 0 aliphatic rings. The fraction of sp³-hybridized carbons (Fsp3) is 0.235. The van der Waals surface area contributed by atoms with Gasteiger partial charge in [0.05, 0.1) is 21.2 Å². The van der Waals surface area contributed by atoms with E-state index in [1.165, 1.54) is 30.3 Å². The summed E-state index contributed by atoms with van der Waals surface area (Å²) in [5, 5.41) is 2.89. The molecule has 0 bridgehead atoms. The van der Waals surface area contributed by atoms with E-state index in [-0.39, 0.29) is 27.1 Å². The smallest absolute Gasteiger partial charge is 0.261 e. The van der Waals surface area contributed by atoms with E-state index in [2.05, 4.69) is 10.0 Å². The predicted octanol–water partition coefficient (Wildman–Crippen LogP) is 2.91. The molecule has 0 aromatic heterocycles. The Labute approximate surface area is 152 Å². The van der Waals surface area contributed by atoms with Gasteiger partial charge in [0.1, 0.15) is 0 Å². The fourth-order valence-electron chi connectivity index (χ4n) is 2.09. The van der Waals surface area contributed by atoms with Crippen LogP contribution in [0.5, 0.6) is 0 Å². The SMILES string of the molecule is COCCCNC(=O)c1ccc(NS(=O)(=O)c2ccccc2)cc1Cl. The largest absolute Gasteiger partial charge is 0.385 e. The number of ether oxygens (including phenoxy) is 1. The fourth-order valence-corrected chi connectivity index (χ4v) is 3.43. The average molecular weight is 383 g/mol. The van der Waals surface area contributed by atoms with Gasteiger partial charge in [-0.3, -0.25) is 9.52 Å². The van der Waals surface area contributed by atoms with Crippen LogP contribution in [0.3, 0.4) is 0 Å². The zero-order valence-corrected chi connectivity index (χ0v) is 15.2. The topological polar surface area (TPSA) is 84.5 Å². The number of anilines is 1. The van der Waals surface area contributed by atoms with Crippen molar-refractivity contribution in [3.05, 3.63) is 59.1 Å². The van der Waals surface area contributed by atoms with Gasteiger partial charge in [-0.05, 0) is 36.8 Å². The predicted molar refractivity (Wildman–Crippen MR) is 97.5 cm³/mol. The van der Waals surface area contributed by atoms with Crippen LogP contribution in [0.2, 0.25) is 5.02 Å². The highest BCUT2D eigenvalue weighted by Crippen LogP contribution is 2.23. The summed E-state index contributed by atoms with van der Waals surface area (Å²) in [4.78, 5) is 12.2. The number of hydrogen-bond donors (Lipinski definition) is 2. The van der Waals surface area contributed by atoms with Crippen molar-refractivity contribution in [2.24, 2.45) is 0 Å². The van der Waals surface area contributed by atoms with Crippen molar-refractivity contribution in [1.29, 1.82) is 0 Å². The van der Waals surface area contributed by atoms with Crippen molar-refractivity contribution in [1.82, 2.24) is 5.32 Å². The third kappa shape index (κ3) is 5.45. The maximum Gasteiger partial charge on any atom is 0.261 e. The third-order valence-electron chi connectivity index (χ3n) is 3.33. The van der Waals surface area contributed by atoms with E-state index in [9.17, 15) is 13.2 Å². The molecule has 25 heavy (non-hydrogen) atoms. The second-order valence-corrected chi connectivity index (χ2v) is 7.31. The van der Waals surface area contributed by atoms with Gasteiger partial charge in [0.2, 0.25) is 0 Å². The lowest BCUT2D eigenvalue weighted by atomic mass is 10.2. The minimum atomic E-state index is -3.71. The van der Waals surface area contributed by atoms with Crippen molar-refractivity contribution in [2.45, 2.75) is 11.3 Å². The molecule has 0 heterocycles. The monoisotopic (exact) mass is 382 g/mol. The molecule has 2 aromatic rings. The Balaban J connectivity index is 2.08. The highest BCUT2D eigenvalue weighted by molar-refractivity contribution is 7.92. The summed E-state index contributed by atoms with van der Waals surface area (Å²) in [6.07, 6.45) is 0.689. The number of amides is 1. The van der Waals surface area contributed by atoms with Crippen LogP contribution in [0.4, 0.5) is 5.69 Å². The van der Waals surface area contributed by atoms with Gasteiger partial charge >= 0.3 is 0 Å². The minimum Gasteiger partial charge on any atom is -0.385 e. The molecule has 0 spiro atoms. The number of rotatable bonds is 8. The Kier molecular flexibility index (Phi) is 6.81. The van der Waals surface area contributed by atoms with Gasteiger partial charge < -0.3 is 10.1 Å². The summed E-state index contributed by atoms with van der Waals surface area (Å²) in [6, 6.07) is 12.4. The first-order valence-corrected chi connectivity index (χ1v) is 9.45. The number of benzene rings is 2. The molecule has 1 amide bonds. The summed E-state index contributed by atoms with van der Waals surface area (Å²) >= 11 is 6.12. The molecule has 0 atom stereocenters. The second-order valence-electron chi connectivity index (χ2n) is 5.22. The van der Waals surface area contributed by atoms with Gasteiger partial charge in [-0.15, -0.1) is 0 Å². The Bertz CT molecular complexity index is 826. The highest BCUT2D eigenvalue weighted by Gasteiger charge is 2.16. The lowest BCUT2D eigenvalue weighted by molar-refractivity contribution is 0.0949. The molecule has 6 nitrogen and oxygen atoms in total. The van der Waals surface area contributed by atoms with Crippen molar-refractivity contribution < 1.29 is 17.9 Å². The van der Waals surface area contributed by atoms with Crippen molar-refractivity contribution in [3.63, 3.8) is 0 Å². The number of nitrogens with one attached hydrogen (secondary N) is 2. The van der Waals surface area contributed by atoms with E-state index in [0.717, 1.165) is 0 Å². The second kappa shape index (κ2) is 8.84. The molecule has 134 valence electrons. The molecule has 2 N–H and O–H groups in total. The molecule has 2 aromatic carbocycles. The van der Waals surface area contributed by atoms with Crippen molar-refractivity contribution >= 4 is 33.2 Å². The van der Waals surface area contributed by atoms with Gasteiger partial charge in [-0.2, -0.15) is 0 Å². The van der Waals surface area contributed by atoms with Crippen LogP contribution in [0.25, 0.3) is 0 Å². The van der Waals surface area contributed by atoms with Crippen molar-refractivity contribution in [2.75, 3.05) is 25.0 Å². The highest BCUT2D eigenvalue weighted by atomic mass is 35.5. The zero-order valence-electron chi connectivity index (χ0n) is 13.7. The van der Waals surface area contributed by atoms with Crippen LogP contribution in [0, 0.1) is 0 Å². The maximum atomic E-state index is 12.3. The standard InChI is InChI=1S/C17H19ClN2O4S/c1-24-11-5-10-19-17(21)15-9-8-13(12-16(15)18)20-25(22,23)14-6-3-2-4-7-14/h2-4,6-9,12,20H,5,10-11H2,1H3,(H,19,21). The van der Waals surface area contributed by atoms with E-state index in [0.29, 0.717) is 19.6 Å². The first kappa shape index (κ1) is 19.2. The molecule has 0 fully saturated rings. The van der Waals surface area contributed by atoms with Crippen LogP contribution < -0.4 is 10.0 Å². The first-order chi connectivity index (χ1) is 11.9. The Morgan fingerprint density at radius 2 is 1.88 bits per heavy atom. The summed E-state index contributed by atoms with van der Waals surface area (Å²) in [5.74, 6) is -0.321. The summed E-state index contributed by atoms with van der Waals surface area (Å²) < 4.78 is 31.9. The van der Waals surface area contributed by atoms with E-state index in [1.54, 1.807) is 25.3 Å². The number of carbonyl (C=O) groups excluding carboxylic acids is 1. The molecule has 0 saturated heterocycles. The van der Waals surface area contributed by atoms with E-state index in [1.807, 2.05) is 0 Å². The molecular formula is C17H19ClN2O4S. The van der Waals surface area contributed by atoms with Gasteiger partial charge in [0.25, 0.3) is 15.9 Å². The maximum absolute atomic E-state index is 12.3. The van der Waals surface area contributed by atoms with E-state index >= 15 is 0 Å². The Morgan fingerprint density at radius 1 is 1.16 bits per heavy atom. The molecule has 0 aliphatic carbocycles. The Morgan fingerprint density at radius 3 is 2.52 bits per heavy atom. The van der Waals surface area contributed by atoms with Gasteiger partial charge in [-0.1, -0.05) is 29.8 Å². The van der Waals surface area contributed by atoms with Crippen LogP contribution in [-0.2, 0) is 14.8 Å². The van der Waals surface area contributed by atoms with Crippen molar-refractivity contribution in [3.8, 4) is 0 Å². The molecule has 0 unspecified atom stereocenters. The molecule has 8 heteroatoms. The van der Waals surface area contributed by atoms with Gasteiger partial charge in [0, 0.05) is 20.3 Å². The van der Waals surface area contributed by atoms with E-state index in [4.69, 9.17) is 16.3 Å². The molecule has 2 rings (SSSR count). The molecular weight excluding hydrogens is 364 g/mol. The number of carbonyl (C=O) groups is 1. The number of halogens is 1. The number of hydrogen-bond acceptors (Lipinski definition) is 4. The molecule has 0 radical (unpaired) electrons. The molecule has 0 aliphatic heterocycles. The minimum absolute atomic E-state index is 0.145. The zero-order chi connectivity index (χ0) is 18.3. The summed E-state index contributed by atoms with van der Waals surface area (Å²) in [6.45, 7) is 1.01. The molecule has 0 saturated carbocycles. The number of sulfonamides is 1. The lowest BCUT2D eigenvalue weighted by Gasteiger charge is -2.11. The normalized spacial score (nSPS) is 11.1. The Hall–Kier alpha value is -2.09. The van der Waals surface area contributed by atoms with Crippen LogP contribution in [-0.4, -0.2) is 34.6 Å². The average Bonchev–Trinajstić information content (AvgIpc) is 2.59. The van der Waals surface area contributed by atoms with E-state index < -0.39 is 10.0 Å². The summed E-state index contributed by atoms with van der Waals surface area (Å²) in [5.41, 5.74) is 0.562.